The van der Waals surface area contributed by atoms with Gasteiger partial charge >= 0.3 is 29.6 Å². The van der Waals surface area contributed by atoms with Gasteiger partial charge in [0.05, 0.1) is 0 Å². The van der Waals surface area contributed by atoms with Gasteiger partial charge in [-0.3, -0.25) is 0 Å². The predicted molar refractivity (Wildman–Crippen MR) is 47.7 cm³/mol. The van der Waals surface area contributed by atoms with Crippen molar-refractivity contribution in [3.8, 4) is 0 Å². The van der Waals surface area contributed by atoms with Crippen LogP contribution in [0.3, 0.4) is 0 Å². The molecule has 0 N–H and O–H groups in total. The van der Waals surface area contributed by atoms with Gasteiger partial charge in [0.2, 0.25) is 7.59 Å². The van der Waals surface area contributed by atoms with Gasteiger partial charge in [-0.2, -0.15) is 0 Å². The first-order valence-corrected chi connectivity index (χ1v) is 3.65. The Morgan fingerprint density at radius 2 is 0.667 bits per heavy atom. The van der Waals surface area contributed by atoms with E-state index in [1.165, 1.54) is 0 Å². The average Bonchev–Trinajstić information content (AvgIpc) is 1.25. The van der Waals surface area contributed by atoms with Crippen molar-refractivity contribution < 1.29 is 0 Å². The van der Waals surface area contributed by atoms with E-state index in [1.54, 1.807) is 0 Å². The quantitative estimate of drug-likeness (QED) is 0.464. The molecule has 0 rings (SSSR count). The summed E-state index contributed by atoms with van der Waals surface area (Å²) >= 11 is 30.9. The summed E-state index contributed by atoms with van der Waals surface area (Å²) in [6.07, 6.45) is 0. The number of hydrogen-bond acceptors (Lipinski definition) is 0. The molecule has 0 saturated carbocycles. The van der Waals surface area contributed by atoms with Crippen LogP contribution < -0.4 is 0 Å². The molecule has 0 atom stereocenters. The minimum absolute atomic E-state index is 0. The third-order valence-corrected chi connectivity index (χ3v) is 2.89. The van der Waals surface area contributed by atoms with Crippen LogP contribution in [0.4, 0.5) is 0 Å². The van der Waals surface area contributed by atoms with Crippen LogP contribution in [0.2, 0.25) is 0 Å². The standard InChI is InChI=1S/C2Cl6.Na.H/c3-1(4,5)2(6,7)8;;. The maximum absolute atomic E-state index is 5.14. The molecule has 52 valence electrons. The van der Waals surface area contributed by atoms with Crippen molar-refractivity contribution in [2.24, 2.45) is 0 Å². The van der Waals surface area contributed by atoms with Crippen LogP contribution in [-0.4, -0.2) is 37.1 Å². The first-order chi connectivity index (χ1) is 3.25. The van der Waals surface area contributed by atoms with E-state index in [2.05, 4.69) is 0 Å². The Morgan fingerprint density at radius 1 is 0.556 bits per heavy atom. The summed E-state index contributed by atoms with van der Waals surface area (Å²) in [7, 11) is 0. The Hall–Kier alpha value is 2.74. The second-order valence-corrected chi connectivity index (χ2v) is 5.56. The van der Waals surface area contributed by atoms with Gasteiger partial charge in [-0.25, -0.2) is 0 Å². The molecular weight excluding hydrogens is 260 g/mol. The average molecular weight is 261 g/mol. The maximum atomic E-state index is 5.14. The second kappa shape index (κ2) is 4.69. The molecule has 0 saturated heterocycles. The summed E-state index contributed by atoms with van der Waals surface area (Å²) < 4.78 is -3.70. The van der Waals surface area contributed by atoms with Gasteiger partial charge in [0.15, 0.2) is 0 Å². The van der Waals surface area contributed by atoms with Gasteiger partial charge in [-0.1, -0.05) is 69.6 Å². The Kier molecular flexibility index (Phi) is 7.44. The summed E-state index contributed by atoms with van der Waals surface area (Å²) in [6, 6.07) is 0. The molecule has 0 aliphatic heterocycles. The van der Waals surface area contributed by atoms with Gasteiger partial charge in [-0.15, -0.1) is 0 Å². The third-order valence-electron chi connectivity index (χ3n) is 0.321. The fraction of sp³-hybridized carbons (Fsp3) is 1.00. The molecule has 9 heavy (non-hydrogen) atoms. The zero-order chi connectivity index (χ0) is 7.00. The van der Waals surface area contributed by atoms with Gasteiger partial charge < -0.3 is 0 Å². The fourth-order valence-electron chi connectivity index (χ4n) is 0. The Labute approximate surface area is 105 Å². The molecule has 0 aromatic heterocycles. The van der Waals surface area contributed by atoms with E-state index < -0.39 is 7.59 Å². The van der Waals surface area contributed by atoms with Crippen LogP contribution in [-0.2, 0) is 0 Å². The van der Waals surface area contributed by atoms with Crippen molar-refractivity contribution in [3.63, 3.8) is 0 Å². The van der Waals surface area contributed by atoms with Gasteiger partial charge in [0.1, 0.15) is 0 Å². The molecule has 0 aliphatic rings. The zero-order valence-corrected chi connectivity index (χ0v) is 7.80. The van der Waals surface area contributed by atoms with Crippen molar-refractivity contribution in [1.82, 2.24) is 0 Å². The summed E-state index contributed by atoms with van der Waals surface area (Å²) in [5.41, 5.74) is 0. The molecule has 0 fully saturated rings. The molecule has 0 nitrogen and oxygen atoms in total. The van der Waals surface area contributed by atoms with E-state index in [-0.39, 0.29) is 29.6 Å². The van der Waals surface area contributed by atoms with Crippen LogP contribution in [0.1, 0.15) is 0 Å². The summed E-state index contributed by atoms with van der Waals surface area (Å²) in [6.45, 7) is 0. The van der Waals surface area contributed by atoms with E-state index in [9.17, 15) is 0 Å². The monoisotopic (exact) mass is 258 g/mol. The van der Waals surface area contributed by atoms with E-state index in [0.717, 1.165) is 0 Å². The van der Waals surface area contributed by atoms with Gasteiger partial charge in [0.25, 0.3) is 0 Å². The van der Waals surface area contributed by atoms with E-state index in [4.69, 9.17) is 69.6 Å². The topological polar surface area (TPSA) is 0 Å². The summed E-state index contributed by atoms with van der Waals surface area (Å²) in [4.78, 5) is 0. The molecule has 0 amide bonds. The molecule has 0 unspecified atom stereocenters. The van der Waals surface area contributed by atoms with Crippen molar-refractivity contribution in [3.05, 3.63) is 0 Å². The van der Waals surface area contributed by atoms with Crippen LogP contribution >= 0.6 is 69.6 Å². The number of rotatable bonds is 0. The van der Waals surface area contributed by atoms with Crippen LogP contribution in [0.25, 0.3) is 0 Å². The van der Waals surface area contributed by atoms with Crippen LogP contribution in [0.5, 0.6) is 0 Å². The third kappa shape index (κ3) is 5.95. The number of hydrogen-bond donors (Lipinski definition) is 0. The fourth-order valence-corrected chi connectivity index (χ4v) is 0. The molecule has 0 aromatic rings. The number of halogens is 6. The van der Waals surface area contributed by atoms with E-state index in [0.29, 0.717) is 0 Å². The molecule has 0 heterocycles. The number of alkyl halides is 6. The molecule has 7 heteroatoms. The Morgan fingerprint density at radius 3 is 0.667 bits per heavy atom. The normalized spacial score (nSPS) is 12.7. The van der Waals surface area contributed by atoms with Crippen molar-refractivity contribution >= 4 is 99.2 Å². The molecular formula is C2HCl6Na. The zero-order valence-electron chi connectivity index (χ0n) is 3.27. The predicted octanol–water partition coefficient (Wildman–Crippen LogP) is 3.08. The van der Waals surface area contributed by atoms with Crippen LogP contribution in [0.15, 0.2) is 0 Å². The van der Waals surface area contributed by atoms with E-state index in [1.807, 2.05) is 0 Å². The summed E-state index contributed by atoms with van der Waals surface area (Å²) in [5, 5.41) is 0. The van der Waals surface area contributed by atoms with Crippen LogP contribution in [0, 0.1) is 0 Å². The molecule has 0 spiro atoms. The van der Waals surface area contributed by atoms with E-state index >= 15 is 0 Å². The molecule has 0 aromatic carbocycles. The Balaban J connectivity index is 0. The van der Waals surface area contributed by atoms with Crippen molar-refractivity contribution in [1.29, 1.82) is 0 Å². The van der Waals surface area contributed by atoms with Gasteiger partial charge in [-0.05, 0) is 0 Å². The minimum atomic E-state index is -1.85. The van der Waals surface area contributed by atoms with Crippen molar-refractivity contribution in [2.45, 2.75) is 7.59 Å². The second-order valence-electron chi connectivity index (χ2n) is 0.996. The Bertz CT molecular complexity index is 66.0. The molecule has 0 radical (unpaired) electrons. The summed E-state index contributed by atoms with van der Waals surface area (Å²) in [5.74, 6) is 0. The first kappa shape index (κ1) is 14.3. The SMILES string of the molecule is ClC(Cl)(Cl)C(Cl)(Cl)Cl.[NaH]. The van der Waals surface area contributed by atoms with Crippen molar-refractivity contribution in [2.75, 3.05) is 0 Å². The molecule has 0 bridgehead atoms. The first-order valence-electron chi connectivity index (χ1n) is 1.38. The van der Waals surface area contributed by atoms with Gasteiger partial charge in [0, 0.05) is 0 Å². The molecule has 0 aliphatic carbocycles.